The molecule has 2 aromatic rings. The van der Waals surface area contributed by atoms with Crippen molar-refractivity contribution >= 4 is 17.5 Å². The first-order chi connectivity index (χ1) is 13.7. The molecule has 0 bridgehead atoms. The number of carbonyl (C=O) groups is 1. The van der Waals surface area contributed by atoms with Gasteiger partial charge in [0.05, 0.1) is 0 Å². The van der Waals surface area contributed by atoms with Crippen LogP contribution in [0.25, 0.3) is 0 Å². The second kappa shape index (κ2) is 10.5. The van der Waals surface area contributed by atoms with Crippen molar-refractivity contribution < 1.29 is 9.53 Å². The first-order valence-corrected chi connectivity index (χ1v) is 10.5. The van der Waals surface area contributed by atoms with Crippen LogP contribution in [0.3, 0.4) is 0 Å². The minimum atomic E-state index is -0.535. The summed E-state index contributed by atoms with van der Waals surface area (Å²) in [7, 11) is 0. The van der Waals surface area contributed by atoms with Crippen molar-refractivity contribution in [1.29, 1.82) is 0 Å². The topological polar surface area (TPSA) is 41.6 Å². The van der Waals surface area contributed by atoms with Gasteiger partial charge in [0.25, 0.3) is 5.91 Å². The number of hydrogen-bond donors (Lipinski definition) is 1. The van der Waals surface area contributed by atoms with Gasteiger partial charge in [0, 0.05) is 18.1 Å². The maximum absolute atomic E-state index is 12.7. The van der Waals surface area contributed by atoms with E-state index >= 15 is 0 Å². The minimum absolute atomic E-state index is 0.102. The van der Waals surface area contributed by atoms with E-state index in [2.05, 4.69) is 28.4 Å². The normalized spacial score (nSPS) is 15.8. The lowest BCUT2D eigenvalue weighted by molar-refractivity contribution is -0.128. The number of ether oxygens (including phenoxy) is 1. The first kappa shape index (κ1) is 20.7. The van der Waals surface area contributed by atoms with E-state index in [4.69, 9.17) is 16.3 Å². The third kappa shape index (κ3) is 5.98. The van der Waals surface area contributed by atoms with Gasteiger partial charge >= 0.3 is 0 Å². The predicted octanol–water partition coefficient (Wildman–Crippen LogP) is 4.80. The fourth-order valence-corrected chi connectivity index (χ4v) is 3.75. The van der Waals surface area contributed by atoms with Gasteiger partial charge in [-0.2, -0.15) is 0 Å². The monoisotopic (exact) mass is 400 g/mol. The zero-order valence-corrected chi connectivity index (χ0v) is 17.3. The summed E-state index contributed by atoms with van der Waals surface area (Å²) in [5, 5.41) is 3.64. The molecule has 1 saturated heterocycles. The van der Waals surface area contributed by atoms with Crippen LogP contribution in [-0.2, 0) is 17.9 Å². The number of amides is 1. The van der Waals surface area contributed by atoms with Gasteiger partial charge in [0.2, 0.25) is 0 Å². The maximum Gasteiger partial charge on any atom is 0.261 e. The number of nitrogens with zero attached hydrogens (tertiary/aromatic N) is 1. The standard InChI is InChI=1S/C23H29ClN2O2/c1-2-22(28-21-12-8-11-20(24)15-21)23(27)25-16-18-9-4-5-10-19(18)17-26-13-6-3-7-14-26/h4-5,8-12,15,22H,2-3,6-7,13-14,16-17H2,1H3,(H,25,27)/t22-/m1/s1. The number of carbonyl (C=O) groups excluding carboxylic acids is 1. The molecular formula is C23H29ClN2O2. The highest BCUT2D eigenvalue weighted by Gasteiger charge is 2.19. The van der Waals surface area contributed by atoms with Gasteiger partial charge in [-0.3, -0.25) is 9.69 Å². The molecule has 0 saturated carbocycles. The molecule has 1 N–H and O–H groups in total. The van der Waals surface area contributed by atoms with Crippen molar-refractivity contribution in [2.75, 3.05) is 13.1 Å². The highest BCUT2D eigenvalue weighted by atomic mass is 35.5. The summed E-state index contributed by atoms with van der Waals surface area (Å²) in [5.74, 6) is 0.509. The molecular weight excluding hydrogens is 372 g/mol. The van der Waals surface area contributed by atoms with Crippen LogP contribution in [0.4, 0.5) is 0 Å². The molecule has 28 heavy (non-hydrogen) atoms. The van der Waals surface area contributed by atoms with Gasteiger partial charge < -0.3 is 10.1 Å². The average Bonchev–Trinajstić information content (AvgIpc) is 2.72. The fraction of sp³-hybridized carbons (Fsp3) is 0.435. The van der Waals surface area contributed by atoms with Crippen LogP contribution in [0, 0.1) is 0 Å². The fourth-order valence-electron chi connectivity index (χ4n) is 3.57. The second-order valence-electron chi connectivity index (χ2n) is 7.30. The van der Waals surface area contributed by atoms with E-state index in [1.54, 1.807) is 12.1 Å². The van der Waals surface area contributed by atoms with Crippen LogP contribution < -0.4 is 10.1 Å². The molecule has 4 nitrogen and oxygen atoms in total. The van der Waals surface area contributed by atoms with E-state index in [1.165, 1.54) is 30.4 Å². The molecule has 5 heteroatoms. The van der Waals surface area contributed by atoms with Gasteiger partial charge in [0.1, 0.15) is 5.75 Å². The number of rotatable bonds is 8. The van der Waals surface area contributed by atoms with Gasteiger partial charge in [0.15, 0.2) is 6.10 Å². The summed E-state index contributed by atoms with van der Waals surface area (Å²) in [6.45, 7) is 5.72. The molecule has 1 amide bonds. The zero-order valence-electron chi connectivity index (χ0n) is 16.5. The summed E-state index contributed by atoms with van der Waals surface area (Å²) in [6, 6.07) is 15.5. The van der Waals surface area contributed by atoms with E-state index in [1.807, 2.05) is 25.1 Å². The molecule has 1 atom stereocenters. The number of benzene rings is 2. The van der Waals surface area contributed by atoms with Crippen molar-refractivity contribution in [2.24, 2.45) is 0 Å². The first-order valence-electron chi connectivity index (χ1n) is 10.1. The molecule has 150 valence electrons. The lowest BCUT2D eigenvalue weighted by atomic mass is 10.0. The largest absolute Gasteiger partial charge is 0.481 e. The SMILES string of the molecule is CC[C@@H](Oc1cccc(Cl)c1)C(=O)NCc1ccccc1CN1CCCCC1. The van der Waals surface area contributed by atoms with Crippen LogP contribution >= 0.6 is 11.6 Å². The summed E-state index contributed by atoms with van der Waals surface area (Å²) in [6.07, 6.45) is 3.94. The molecule has 0 spiro atoms. The van der Waals surface area contributed by atoms with Gasteiger partial charge in [-0.1, -0.05) is 55.3 Å². The number of halogens is 1. The number of likely N-dealkylation sites (tertiary alicyclic amines) is 1. The lowest BCUT2D eigenvalue weighted by Crippen LogP contribution is -2.38. The Bertz CT molecular complexity index is 775. The Morgan fingerprint density at radius 1 is 1.11 bits per heavy atom. The van der Waals surface area contributed by atoms with Crippen molar-refractivity contribution in [3.63, 3.8) is 0 Å². The second-order valence-corrected chi connectivity index (χ2v) is 7.73. The van der Waals surface area contributed by atoms with Crippen molar-refractivity contribution in [3.8, 4) is 5.75 Å². The highest BCUT2D eigenvalue weighted by Crippen LogP contribution is 2.20. The van der Waals surface area contributed by atoms with Crippen LogP contribution in [0.2, 0.25) is 5.02 Å². The van der Waals surface area contributed by atoms with Gasteiger partial charge in [-0.05, 0) is 61.7 Å². The van der Waals surface area contributed by atoms with E-state index in [0.717, 1.165) is 19.6 Å². The van der Waals surface area contributed by atoms with Crippen LogP contribution in [0.15, 0.2) is 48.5 Å². The Hall–Kier alpha value is -2.04. The number of hydrogen-bond acceptors (Lipinski definition) is 3. The Labute approximate surface area is 172 Å². The molecule has 1 heterocycles. The van der Waals surface area contributed by atoms with E-state index in [0.29, 0.717) is 23.7 Å². The molecule has 0 radical (unpaired) electrons. The zero-order chi connectivity index (χ0) is 19.8. The van der Waals surface area contributed by atoms with E-state index in [9.17, 15) is 4.79 Å². The Kier molecular flexibility index (Phi) is 7.75. The molecule has 1 aliphatic rings. The molecule has 3 rings (SSSR count). The number of piperidine rings is 1. The quantitative estimate of drug-likeness (QED) is 0.692. The molecule has 0 unspecified atom stereocenters. The van der Waals surface area contributed by atoms with Crippen molar-refractivity contribution in [1.82, 2.24) is 10.2 Å². The summed E-state index contributed by atoms with van der Waals surface area (Å²) >= 11 is 6.01. The Morgan fingerprint density at radius 2 is 1.86 bits per heavy atom. The predicted molar refractivity (Wildman–Crippen MR) is 114 cm³/mol. The molecule has 0 aromatic heterocycles. The van der Waals surface area contributed by atoms with Crippen LogP contribution in [-0.4, -0.2) is 30.0 Å². The molecule has 1 aliphatic heterocycles. The number of nitrogens with one attached hydrogen (secondary N) is 1. The Balaban J connectivity index is 1.58. The third-order valence-corrected chi connectivity index (χ3v) is 5.39. The summed E-state index contributed by atoms with van der Waals surface area (Å²) < 4.78 is 5.84. The molecule has 0 aliphatic carbocycles. The van der Waals surface area contributed by atoms with E-state index in [-0.39, 0.29) is 5.91 Å². The van der Waals surface area contributed by atoms with Gasteiger partial charge in [-0.25, -0.2) is 0 Å². The van der Waals surface area contributed by atoms with Gasteiger partial charge in [-0.15, -0.1) is 0 Å². The lowest BCUT2D eigenvalue weighted by Gasteiger charge is -2.27. The third-order valence-electron chi connectivity index (χ3n) is 5.15. The smallest absolute Gasteiger partial charge is 0.261 e. The summed E-state index contributed by atoms with van der Waals surface area (Å²) in [5.41, 5.74) is 2.45. The van der Waals surface area contributed by atoms with Crippen molar-refractivity contribution in [2.45, 2.75) is 51.8 Å². The van der Waals surface area contributed by atoms with E-state index < -0.39 is 6.10 Å². The molecule has 2 aromatic carbocycles. The van der Waals surface area contributed by atoms with Crippen molar-refractivity contribution in [3.05, 3.63) is 64.7 Å². The Morgan fingerprint density at radius 3 is 2.57 bits per heavy atom. The highest BCUT2D eigenvalue weighted by molar-refractivity contribution is 6.30. The molecule has 1 fully saturated rings. The minimum Gasteiger partial charge on any atom is -0.481 e. The van der Waals surface area contributed by atoms with Crippen LogP contribution in [0.1, 0.15) is 43.7 Å². The summed E-state index contributed by atoms with van der Waals surface area (Å²) in [4.78, 5) is 15.2. The van der Waals surface area contributed by atoms with Crippen LogP contribution in [0.5, 0.6) is 5.75 Å². The maximum atomic E-state index is 12.7. The average molecular weight is 401 g/mol.